The highest BCUT2D eigenvalue weighted by molar-refractivity contribution is 4.87. The first kappa shape index (κ1) is 18.2. The van der Waals surface area contributed by atoms with Gasteiger partial charge in [0.2, 0.25) is 0 Å². The van der Waals surface area contributed by atoms with E-state index in [1.54, 1.807) is 6.92 Å². The van der Waals surface area contributed by atoms with Crippen LogP contribution in [0.1, 0.15) is 53.4 Å². The fourth-order valence-electron chi connectivity index (χ4n) is 1.95. The van der Waals surface area contributed by atoms with E-state index in [9.17, 15) is 10.2 Å². The first-order valence-corrected chi connectivity index (χ1v) is 5.78. The second kappa shape index (κ2) is 7.22. The normalized spacial score (nSPS) is 29.8. The highest BCUT2D eigenvalue weighted by atomic mass is 16.3. The van der Waals surface area contributed by atoms with Crippen molar-refractivity contribution in [1.29, 1.82) is 0 Å². The Hall–Kier alpha value is -0.160. The molecule has 1 rings (SSSR count). The van der Waals surface area contributed by atoms with E-state index in [0.29, 0.717) is 5.92 Å². The fraction of sp³-hybridized carbons (Fsp3) is 1.00. The Morgan fingerprint density at radius 3 is 1.81 bits per heavy atom. The second-order valence-electron chi connectivity index (χ2n) is 5.24. The van der Waals surface area contributed by atoms with E-state index in [2.05, 4.69) is 0 Å². The lowest BCUT2D eigenvalue weighted by Gasteiger charge is -2.38. The Balaban J connectivity index is 0. The average molecular weight is 236 g/mol. The average Bonchev–Trinajstić information content (AvgIpc) is 2.02. The Kier molecular flexibility index (Phi) is 8.22. The van der Waals surface area contributed by atoms with Gasteiger partial charge < -0.3 is 20.8 Å². The summed E-state index contributed by atoms with van der Waals surface area (Å²) in [4.78, 5) is 0. The summed E-state index contributed by atoms with van der Waals surface area (Å²) in [6.07, 6.45) is 3.52. The van der Waals surface area contributed by atoms with Crippen molar-refractivity contribution in [2.45, 2.75) is 64.6 Å². The summed E-state index contributed by atoms with van der Waals surface area (Å²) >= 11 is 0. The minimum Gasteiger partial charge on any atom is -0.412 e. The number of rotatable bonds is 1. The minimum atomic E-state index is -0.573. The van der Waals surface area contributed by atoms with Crippen LogP contribution in [0.25, 0.3) is 0 Å². The topological polar surface area (TPSA) is 92.2 Å². The van der Waals surface area contributed by atoms with E-state index >= 15 is 0 Å². The Morgan fingerprint density at radius 2 is 1.56 bits per heavy atom. The van der Waals surface area contributed by atoms with E-state index in [4.69, 9.17) is 5.11 Å². The summed E-state index contributed by atoms with van der Waals surface area (Å²) in [5.41, 5.74) is -1.06. The van der Waals surface area contributed by atoms with Gasteiger partial charge in [0.1, 0.15) is 0 Å². The maximum Gasteiger partial charge on any atom is 0.0620 e. The van der Waals surface area contributed by atoms with Crippen molar-refractivity contribution in [3.63, 3.8) is 0 Å². The lowest BCUT2D eigenvalue weighted by Crippen LogP contribution is -2.39. The summed E-state index contributed by atoms with van der Waals surface area (Å²) < 4.78 is 0. The maximum absolute atomic E-state index is 9.73. The third-order valence-corrected chi connectivity index (χ3v) is 3.06. The van der Waals surface area contributed by atoms with E-state index in [1.165, 1.54) is 0 Å². The molecule has 0 atom stereocenters. The predicted octanol–water partition coefficient (Wildman–Crippen LogP) is 0.872. The Morgan fingerprint density at radius 1 is 1.25 bits per heavy atom. The molecule has 4 nitrogen and oxygen atoms in total. The zero-order valence-electron chi connectivity index (χ0n) is 11.0. The molecule has 0 bridgehead atoms. The fourth-order valence-corrected chi connectivity index (χ4v) is 1.95. The molecule has 5 N–H and O–H groups in total. The van der Waals surface area contributed by atoms with Crippen LogP contribution in [0, 0.1) is 5.92 Å². The van der Waals surface area contributed by atoms with Gasteiger partial charge in [-0.05, 0) is 59.3 Å². The lowest BCUT2D eigenvalue weighted by molar-refractivity contribution is -0.0509. The zero-order valence-corrected chi connectivity index (χ0v) is 11.0. The molecule has 1 fully saturated rings. The first-order chi connectivity index (χ1) is 6.73. The minimum absolute atomic E-state index is 0. The van der Waals surface area contributed by atoms with Crippen LogP contribution in [0.3, 0.4) is 0 Å². The van der Waals surface area contributed by atoms with Crippen LogP contribution in [0.15, 0.2) is 0 Å². The molecule has 0 aromatic rings. The monoisotopic (exact) mass is 236 g/mol. The lowest BCUT2D eigenvalue weighted by atomic mass is 9.73. The smallest absolute Gasteiger partial charge is 0.0620 e. The van der Waals surface area contributed by atoms with Crippen molar-refractivity contribution in [1.82, 2.24) is 0 Å². The molecule has 4 heteroatoms. The van der Waals surface area contributed by atoms with Gasteiger partial charge in [0.05, 0.1) is 11.2 Å². The molecule has 0 radical (unpaired) electrons. The highest BCUT2D eigenvalue weighted by Crippen LogP contribution is 2.36. The van der Waals surface area contributed by atoms with Crippen LogP contribution in [-0.2, 0) is 0 Å². The maximum atomic E-state index is 9.73. The molecule has 0 spiro atoms. The highest BCUT2D eigenvalue weighted by Gasteiger charge is 2.35. The van der Waals surface area contributed by atoms with Gasteiger partial charge in [-0.25, -0.2) is 0 Å². The third kappa shape index (κ3) is 7.17. The van der Waals surface area contributed by atoms with Gasteiger partial charge >= 0.3 is 0 Å². The van der Waals surface area contributed by atoms with Crippen molar-refractivity contribution in [2.24, 2.45) is 5.92 Å². The van der Waals surface area contributed by atoms with Crippen LogP contribution in [0.5, 0.6) is 0 Å². The molecule has 1 saturated carbocycles. The molecule has 1 aliphatic carbocycles. The van der Waals surface area contributed by atoms with Crippen LogP contribution < -0.4 is 0 Å². The van der Waals surface area contributed by atoms with Crippen LogP contribution in [0.4, 0.5) is 0 Å². The van der Waals surface area contributed by atoms with Gasteiger partial charge in [-0.2, -0.15) is 0 Å². The molecule has 0 aromatic heterocycles. The third-order valence-electron chi connectivity index (χ3n) is 3.06. The Bertz CT molecular complexity index is 162. The van der Waals surface area contributed by atoms with Crippen molar-refractivity contribution >= 4 is 0 Å². The van der Waals surface area contributed by atoms with E-state index < -0.39 is 11.2 Å². The molecule has 0 aromatic carbocycles. The van der Waals surface area contributed by atoms with Gasteiger partial charge in [-0.3, -0.25) is 0 Å². The number of hydrogen-bond acceptors (Lipinski definition) is 3. The molecule has 0 saturated heterocycles. The molecule has 0 unspecified atom stereocenters. The molecule has 16 heavy (non-hydrogen) atoms. The summed E-state index contributed by atoms with van der Waals surface area (Å²) in [6.45, 7) is 7.53. The molecular formula is C12H28O4. The standard InChI is InChI=1S/C10H20O2.C2H6O.H2O/c1-9(2,11)8-4-6-10(3,12)7-5-8;1-2-3;/h8,11-12H,4-7H2,1-3H3;3H,2H2,1H3;1H2/t8-,10+;;. The molecule has 100 valence electrons. The van der Waals surface area contributed by atoms with Crippen LogP contribution in [0.2, 0.25) is 0 Å². The van der Waals surface area contributed by atoms with E-state index in [1.807, 2.05) is 20.8 Å². The molecule has 1 aliphatic rings. The first-order valence-electron chi connectivity index (χ1n) is 5.78. The molecule has 0 heterocycles. The van der Waals surface area contributed by atoms with Gasteiger partial charge in [0.15, 0.2) is 0 Å². The van der Waals surface area contributed by atoms with Crippen LogP contribution in [-0.4, -0.2) is 38.6 Å². The second-order valence-corrected chi connectivity index (χ2v) is 5.24. The summed E-state index contributed by atoms with van der Waals surface area (Å²) in [7, 11) is 0. The predicted molar refractivity (Wildman–Crippen MR) is 65.3 cm³/mol. The molecule has 0 amide bonds. The van der Waals surface area contributed by atoms with Gasteiger partial charge in [-0.15, -0.1) is 0 Å². The molecule has 0 aliphatic heterocycles. The van der Waals surface area contributed by atoms with Crippen molar-refractivity contribution < 1.29 is 20.8 Å². The summed E-state index contributed by atoms with van der Waals surface area (Å²) in [6, 6.07) is 0. The van der Waals surface area contributed by atoms with Crippen molar-refractivity contribution in [3.05, 3.63) is 0 Å². The van der Waals surface area contributed by atoms with E-state index in [0.717, 1.165) is 25.7 Å². The molecular weight excluding hydrogens is 208 g/mol. The van der Waals surface area contributed by atoms with Gasteiger partial charge in [0.25, 0.3) is 0 Å². The Labute approximate surface area is 98.6 Å². The number of hydrogen-bond donors (Lipinski definition) is 3. The summed E-state index contributed by atoms with van der Waals surface area (Å²) in [5, 5.41) is 27.0. The quantitative estimate of drug-likeness (QED) is 0.631. The largest absolute Gasteiger partial charge is 0.412 e. The van der Waals surface area contributed by atoms with Crippen molar-refractivity contribution in [3.8, 4) is 0 Å². The number of aliphatic hydroxyl groups excluding tert-OH is 1. The van der Waals surface area contributed by atoms with Crippen molar-refractivity contribution in [2.75, 3.05) is 6.61 Å². The van der Waals surface area contributed by atoms with Crippen LogP contribution >= 0.6 is 0 Å². The SMILES string of the molecule is CC(C)(O)[C@H]1CC[C@@](C)(O)CC1.CCO.O. The summed E-state index contributed by atoms with van der Waals surface area (Å²) in [5.74, 6) is 0.359. The number of aliphatic hydroxyl groups is 3. The van der Waals surface area contributed by atoms with Gasteiger partial charge in [0, 0.05) is 6.61 Å². The van der Waals surface area contributed by atoms with E-state index in [-0.39, 0.29) is 12.1 Å². The van der Waals surface area contributed by atoms with Gasteiger partial charge in [-0.1, -0.05) is 0 Å². The zero-order chi connectivity index (χ0) is 12.1.